The van der Waals surface area contributed by atoms with E-state index in [1.54, 1.807) is 0 Å². The Bertz CT molecular complexity index is 160. The molecule has 1 aliphatic rings. The Morgan fingerprint density at radius 2 is 1.73 bits per heavy atom. The molecule has 1 saturated heterocycles. The largest absolute Gasteiger partial charge is 0.444 e. The van der Waals surface area contributed by atoms with Gasteiger partial charge in [0.1, 0.15) is 5.60 Å². The number of ether oxygens (including phenoxy) is 1. The molecule has 0 radical (unpaired) electrons. The van der Waals surface area contributed by atoms with Gasteiger partial charge in [-0.05, 0) is 46.7 Å². The number of hydrogen-bond acceptors (Lipinski definition) is 3. The summed E-state index contributed by atoms with van der Waals surface area (Å²) in [5, 5.41) is 5.65. The number of amides is 1. The van der Waals surface area contributed by atoms with Crippen LogP contribution in [0.15, 0.2) is 0 Å². The first-order chi connectivity index (χ1) is 6.95. The highest BCUT2D eigenvalue weighted by molar-refractivity contribution is 5.67. The van der Waals surface area contributed by atoms with Gasteiger partial charge >= 0.3 is 6.09 Å². The van der Waals surface area contributed by atoms with Crippen molar-refractivity contribution < 1.29 is 9.53 Å². The lowest BCUT2D eigenvalue weighted by molar-refractivity contribution is 0.0541. The Morgan fingerprint density at radius 3 is 1.87 bits per heavy atom. The van der Waals surface area contributed by atoms with Crippen molar-refractivity contribution >= 4 is 6.09 Å². The molecule has 0 aromatic heterocycles. The molecule has 0 aromatic carbocycles. The first-order valence-electron chi connectivity index (χ1n) is 5.57. The van der Waals surface area contributed by atoms with Crippen LogP contribution in [-0.4, -0.2) is 31.8 Å². The standard InChI is InChI=1S/C6H13NO2.C5H11N/c1-6(2,3)9-5(8)7-4;1-2-4-6-5-3-1/h1-4H3,(H,7,8);6H,1-5H2. The third-order valence-electron chi connectivity index (χ3n) is 1.81. The van der Waals surface area contributed by atoms with Gasteiger partial charge < -0.3 is 15.4 Å². The first kappa shape index (κ1) is 14.2. The van der Waals surface area contributed by atoms with Crippen LogP contribution in [0.2, 0.25) is 0 Å². The minimum absolute atomic E-state index is 0.387. The van der Waals surface area contributed by atoms with Gasteiger partial charge in [0.05, 0.1) is 0 Å². The van der Waals surface area contributed by atoms with Crippen LogP contribution in [0.25, 0.3) is 0 Å². The maximum atomic E-state index is 10.5. The molecular weight excluding hydrogens is 192 g/mol. The molecule has 1 rings (SSSR count). The fourth-order valence-electron chi connectivity index (χ4n) is 1.13. The normalized spacial score (nSPS) is 16.0. The maximum absolute atomic E-state index is 10.5. The summed E-state index contributed by atoms with van der Waals surface area (Å²) in [6.07, 6.45) is 3.83. The van der Waals surface area contributed by atoms with Crippen LogP contribution >= 0.6 is 0 Å². The van der Waals surface area contributed by atoms with Crippen LogP contribution in [-0.2, 0) is 4.74 Å². The molecule has 90 valence electrons. The van der Waals surface area contributed by atoms with Crippen molar-refractivity contribution in [3.8, 4) is 0 Å². The average molecular weight is 216 g/mol. The highest BCUT2D eigenvalue weighted by atomic mass is 16.6. The number of carbonyl (C=O) groups is 1. The van der Waals surface area contributed by atoms with E-state index in [4.69, 9.17) is 4.74 Å². The number of hydrogen-bond donors (Lipinski definition) is 2. The van der Waals surface area contributed by atoms with Crippen molar-refractivity contribution in [2.45, 2.75) is 45.6 Å². The Morgan fingerprint density at radius 1 is 1.20 bits per heavy atom. The van der Waals surface area contributed by atoms with Crippen molar-refractivity contribution in [3.63, 3.8) is 0 Å². The molecule has 0 bridgehead atoms. The second kappa shape index (κ2) is 7.51. The highest BCUT2D eigenvalue weighted by Gasteiger charge is 2.13. The second-order valence-corrected chi connectivity index (χ2v) is 4.56. The SMILES string of the molecule is C1CCNCC1.CNC(=O)OC(C)(C)C. The predicted octanol–water partition coefficient (Wildman–Crippen LogP) is 1.90. The summed E-state index contributed by atoms with van der Waals surface area (Å²) in [6, 6.07) is 0. The fourth-order valence-corrected chi connectivity index (χ4v) is 1.13. The maximum Gasteiger partial charge on any atom is 0.407 e. The molecule has 0 atom stereocenters. The first-order valence-corrected chi connectivity index (χ1v) is 5.57. The summed E-state index contributed by atoms with van der Waals surface area (Å²) in [4.78, 5) is 10.5. The molecule has 4 heteroatoms. The fraction of sp³-hybridized carbons (Fsp3) is 0.909. The van der Waals surface area contributed by atoms with Crippen LogP contribution in [0.1, 0.15) is 40.0 Å². The van der Waals surface area contributed by atoms with Gasteiger partial charge in [-0.2, -0.15) is 0 Å². The van der Waals surface area contributed by atoms with E-state index in [2.05, 4.69) is 10.6 Å². The van der Waals surface area contributed by atoms with E-state index in [1.807, 2.05) is 20.8 Å². The van der Waals surface area contributed by atoms with Crippen molar-refractivity contribution in [1.82, 2.24) is 10.6 Å². The van der Waals surface area contributed by atoms with E-state index in [-0.39, 0.29) is 11.7 Å². The van der Waals surface area contributed by atoms with Gasteiger partial charge in [0, 0.05) is 7.05 Å². The van der Waals surface area contributed by atoms with Crippen molar-refractivity contribution in [1.29, 1.82) is 0 Å². The Kier molecular flexibility index (Phi) is 7.13. The van der Waals surface area contributed by atoms with E-state index in [0.717, 1.165) is 0 Å². The van der Waals surface area contributed by atoms with Crippen LogP contribution in [0.4, 0.5) is 4.79 Å². The Labute approximate surface area is 92.8 Å². The molecule has 4 nitrogen and oxygen atoms in total. The van der Waals surface area contributed by atoms with E-state index >= 15 is 0 Å². The zero-order valence-electron chi connectivity index (χ0n) is 10.4. The van der Waals surface area contributed by atoms with Gasteiger partial charge in [-0.15, -0.1) is 0 Å². The molecular formula is C11H24N2O2. The molecule has 0 aliphatic carbocycles. The molecule has 1 aliphatic heterocycles. The lowest BCUT2D eigenvalue weighted by Gasteiger charge is -2.18. The number of alkyl carbamates (subject to hydrolysis) is 1. The van der Waals surface area contributed by atoms with Crippen LogP contribution in [0.5, 0.6) is 0 Å². The van der Waals surface area contributed by atoms with Crippen LogP contribution < -0.4 is 10.6 Å². The van der Waals surface area contributed by atoms with Crippen LogP contribution in [0, 0.1) is 0 Å². The van der Waals surface area contributed by atoms with E-state index in [0.29, 0.717) is 0 Å². The summed E-state index contributed by atoms with van der Waals surface area (Å²) in [6.45, 7) is 7.97. The van der Waals surface area contributed by atoms with Gasteiger partial charge in [0.25, 0.3) is 0 Å². The molecule has 0 unspecified atom stereocenters. The number of nitrogens with one attached hydrogen (secondary N) is 2. The minimum Gasteiger partial charge on any atom is -0.444 e. The van der Waals surface area contributed by atoms with Gasteiger partial charge in [-0.1, -0.05) is 6.42 Å². The van der Waals surface area contributed by atoms with Gasteiger partial charge in [0.15, 0.2) is 0 Å². The molecule has 2 N–H and O–H groups in total. The summed E-state index contributed by atoms with van der Waals surface area (Å²) in [5.41, 5.74) is -0.389. The monoisotopic (exact) mass is 216 g/mol. The second-order valence-electron chi connectivity index (χ2n) is 4.56. The van der Waals surface area contributed by atoms with Gasteiger partial charge in [-0.25, -0.2) is 4.79 Å². The zero-order valence-corrected chi connectivity index (χ0v) is 10.4. The third kappa shape index (κ3) is 11.2. The summed E-state index contributed by atoms with van der Waals surface area (Å²) in [5.74, 6) is 0. The number of carbonyl (C=O) groups excluding carboxylic acids is 1. The van der Waals surface area contributed by atoms with Gasteiger partial charge in [-0.3, -0.25) is 0 Å². The van der Waals surface area contributed by atoms with E-state index in [1.165, 1.54) is 39.4 Å². The quantitative estimate of drug-likeness (QED) is 0.650. The third-order valence-corrected chi connectivity index (χ3v) is 1.81. The Balaban J connectivity index is 0.000000280. The Hall–Kier alpha value is -0.770. The zero-order chi connectivity index (χ0) is 11.7. The summed E-state index contributed by atoms with van der Waals surface area (Å²) in [7, 11) is 1.54. The summed E-state index contributed by atoms with van der Waals surface area (Å²) < 4.78 is 4.84. The van der Waals surface area contributed by atoms with E-state index in [9.17, 15) is 4.79 Å². The smallest absolute Gasteiger partial charge is 0.407 e. The highest BCUT2D eigenvalue weighted by Crippen LogP contribution is 2.05. The molecule has 15 heavy (non-hydrogen) atoms. The molecule has 1 amide bonds. The van der Waals surface area contributed by atoms with Crippen molar-refractivity contribution in [2.24, 2.45) is 0 Å². The molecule has 0 saturated carbocycles. The lowest BCUT2D eigenvalue weighted by Crippen LogP contribution is -2.30. The topological polar surface area (TPSA) is 50.4 Å². The predicted molar refractivity (Wildman–Crippen MR) is 62.0 cm³/mol. The van der Waals surface area contributed by atoms with Crippen molar-refractivity contribution in [2.75, 3.05) is 20.1 Å². The molecule has 1 heterocycles. The molecule has 0 aromatic rings. The van der Waals surface area contributed by atoms with E-state index < -0.39 is 0 Å². The lowest BCUT2D eigenvalue weighted by atomic mass is 10.2. The number of piperidine rings is 1. The number of rotatable bonds is 0. The van der Waals surface area contributed by atoms with Crippen molar-refractivity contribution in [3.05, 3.63) is 0 Å². The minimum atomic E-state index is -0.389. The van der Waals surface area contributed by atoms with Gasteiger partial charge in [0.2, 0.25) is 0 Å². The molecule has 1 fully saturated rings. The van der Waals surface area contributed by atoms with Crippen LogP contribution in [0.3, 0.4) is 0 Å². The molecule has 0 spiro atoms. The average Bonchev–Trinajstić information content (AvgIpc) is 2.19. The summed E-state index contributed by atoms with van der Waals surface area (Å²) >= 11 is 0.